The van der Waals surface area contributed by atoms with Crippen LogP contribution in [0.2, 0.25) is 0 Å². The van der Waals surface area contributed by atoms with Gasteiger partial charge in [-0.25, -0.2) is 0 Å². The molecule has 1 saturated heterocycles. The summed E-state index contributed by atoms with van der Waals surface area (Å²) in [7, 11) is 0. The van der Waals surface area contributed by atoms with Gasteiger partial charge in [-0.1, -0.05) is 11.3 Å². The second-order valence-corrected chi connectivity index (χ2v) is 5.16. The van der Waals surface area contributed by atoms with Crippen LogP contribution in [0.4, 0.5) is 0 Å². The molecule has 1 aliphatic heterocycles. The van der Waals surface area contributed by atoms with E-state index in [0.717, 1.165) is 27.5 Å². The maximum absolute atomic E-state index is 5.46. The summed E-state index contributed by atoms with van der Waals surface area (Å²) in [4.78, 5) is 0. The lowest BCUT2D eigenvalue weighted by atomic mass is 10.2. The predicted molar refractivity (Wildman–Crippen MR) is 50.6 cm³/mol. The molecule has 1 aliphatic rings. The first kappa shape index (κ1) is 7.88. The van der Waals surface area contributed by atoms with Gasteiger partial charge in [-0.2, -0.15) is 0 Å². The van der Waals surface area contributed by atoms with E-state index in [0.29, 0.717) is 0 Å². The van der Waals surface area contributed by atoms with Crippen molar-refractivity contribution in [3.05, 3.63) is 8.02 Å². The van der Waals surface area contributed by atoms with Gasteiger partial charge < -0.3 is 4.74 Å². The minimum Gasteiger partial charge on any atom is -0.371 e. The van der Waals surface area contributed by atoms with Crippen LogP contribution in [-0.2, 0) is 4.74 Å². The van der Waals surface area contributed by atoms with Crippen molar-refractivity contribution in [3.63, 3.8) is 0 Å². The number of hydrogen-bond donors (Lipinski definition) is 0. The zero-order valence-electron chi connectivity index (χ0n) is 5.79. The number of nitrogens with zero attached hydrogens (tertiary/aromatic N) is 2. The molecule has 0 aromatic carbocycles. The molecule has 1 atom stereocenters. The minimum atomic E-state index is 0.232. The Morgan fingerprint density at radius 1 is 1.55 bits per heavy atom. The summed E-state index contributed by atoms with van der Waals surface area (Å²) in [5.41, 5.74) is 0. The highest BCUT2D eigenvalue weighted by atomic mass is 127. The largest absolute Gasteiger partial charge is 0.371 e. The van der Waals surface area contributed by atoms with E-state index in [1.54, 1.807) is 11.3 Å². The van der Waals surface area contributed by atoms with Crippen molar-refractivity contribution < 1.29 is 4.74 Å². The van der Waals surface area contributed by atoms with Crippen molar-refractivity contribution in [1.82, 2.24) is 10.2 Å². The number of aromatic nitrogens is 2. The molecule has 2 rings (SSSR count). The van der Waals surface area contributed by atoms with Crippen LogP contribution in [0.15, 0.2) is 0 Å². The Labute approximate surface area is 82.3 Å². The number of halogens is 1. The number of rotatable bonds is 1. The van der Waals surface area contributed by atoms with Gasteiger partial charge in [-0.15, -0.1) is 10.2 Å². The lowest BCUT2D eigenvalue weighted by molar-refractivity contribution is 0.111. The van der Waals surface area contributed by atoms with E-state index in [-0.39, 0.29) is 6.10 Å². The third-order valence-electron chi connectivity index (χ3n) is 1.62. The van der Waals surface area contributed by atoms with E-state index in [2.05, 4.69) is 32.8 Å². The van der Waals surface area contributed by atoms with E-state index in [9.17, 15) is 0 Å². The summed E-state index contributed by atoms with van der Waals surface area (Å²) in [6, 6.07) is 0. The lowest BCUT2D eigenvalue weighted by Gasteiger charge is -2.01. The maximum Gasteiger partial charge on any atom is 0.178 e. The van der Waals surface area contributed by atoms with E-state index in [1.807, 2.05) is 0 Å². The third kappa shape index (κ3) is 1.70. The first-order chi connectivity index (χ1) is 5.36. The fourth-order valence-corrected chi connectivity index (χ4v) is 2.56. The Morgan fingerprint density at radius 3 is 3.00 bits per heavy atom. The zero-order chi connectivity index (χ0) is 7.68. The van der Waals surface area contributed by atoms with Crippen molar-refractivity contribution in [2.45, 2.75) is 18.9 Å². The SMILES string of the molecule is Ic1nnc(C2CCCO2)s1. The molecule has 0 N–H and O–H groups in total. The first-order valence-electron chi connectivity index (χ1n) is 3.47. The Kier molecular flexibility index (Phi) is 2.38. The van der Waals surface area contributed by atoms with Gasteiger partial charge in [0.1, 0.15) is 11.1 Å². The molecule has 60 valence electrons. The highest BCUT2D eigenvalue weighted by Gasteiger charge is 2.21. The summed E-state index contributed by atoms with van der Waals surface area (Å²) in [5.74, 6) is 0. The Morgan fingerprint density at radius 2 is 2.45 bits per heavy atom. The van der Waals surface area contributed by atoms with Gasteiger partial charge in [-0.3, -0.25) is 0 Å². The van der Waals surface area contributed by atoms with Crippen molar-refractivity contribution in [2.24, 2.45) is 0 Å². The molecule has 1 aromatic heterocycles. The number of hydrogen-bond acceptors (Lipinski definition) is 4. The van der Waals surface area contributed by atoms with Gasteiger partial charge in [0.25, 0.3) is 0 Å². The second kappa shape index (κ2) is 3.32. The second-order valence-electron chi connectivity index (χ2n) is 2.39. The van der Waals surface area contributed by atoms with Gasteiger partial charge in [-0.05, 0) is 35.4 Å². The zero-order valence-corrected chi connectivity index (χ0v) is 8.76. The maximum atomic E-state index is 5.46. The molecular formula is C6H7IN2OS. The molecule has 0 spiro atoms. The van der Waals surface area contributed by atoms with Crippen molar-refractivity contribution in [3.8, 4) is 0 Å². The van der Waals surface area contributed by atoms with E-state index in [1.165, 1.54) is 0 Å². The lowest BCUT2D eigenvalue weighted by Crippen LogP contribution is -1.93. The van der Waals surface area contributed by atoms with Crippen LogP contribution in [0.25, 0.3) is 0 Å². The normalized spacial score (nSPS) is 24.3. The van der Waals surface area contributed by atoms with Gasteiger partial charge in [0.2, 0.25) is 0 Å². The van der Waals surface area contributed by atoms with Crippen molar-refractivity contribution in [1.29, 1.82) is 0 Å². The summed E-state index contributed by atoms with van der Waals surface area (Å²) in [6.45, 7) is 0.876. The summed E-state index contributed by atoms with van der Waals surface area (Å²) in [5, 5.41) is 9.00. The summed E-state index contributed by atoms with van der Waals surface area (Å²) >= 11 is 3.80. The van der Waals surface area contributed by atoms with Crippen LogP contribution < -0.4 is 0 Å². The molecule has 1 aromatic rings. The monoisotopic (exact) mass is 282 g/mol. The predicted octanol–water partition coefficient (Wildman–Crippen LogP) is 1.99. The van der Waals surface area contributed by atoms with Crippen LogP contribution in [0.3, 0.4) is 0 Å². The fraction of sp³-hybridized carbons (Fsp3) is 0.667. The molecular weight excluding hydrogens is 275 g/mol. The first-order valence-corrected chi connectivity index (χ1v) is 5.36. The van der Waals surface area contributed by atoms with Crippen LogP contribution in [0.1, 0.15) is 24.0 Å². The van der Waals surface area contributed by atoms with E-state index >= 15 is 0 Å². The smallest absolute Gasteiger partial charge is 0.178 e. The van der Waals surface area contributed by atoms with Gasteiger partial charge in [0.15, 0.2) is 3.01 Å². The van der Waals surface area contributed by atoms with Crippen LogP contribution in [-0.4, -0.2) is 16.8 Å². The molecule has 0 aliphatic carbocycles. The molecule has 2 heterocycles. The quantitative estimate of drug-likeness (QED) is 0.739. The average Bonchev–Trinajstić information content (AvgIpc) is 2.55. The topological polar surface area (TPSA) is 35.0 Å². The van der Waals surface area contributed by atoms with Crippen LogP contribution >= 0.6 is 33.9 Å². The van der Waals surface area contributed by atoms with Crippen LogP contribution in [0.5, 0.6) is 0 Å². The van der Waals surface area contributed by atoms with Crippen molar-refractivity contribution >= 4 is 33.9 Å². The van der Waals surface area contributed by atoms with Gasteiger partial charge in [0.05, 0.1) is 0 Å². The molecule has 0 saturated carbocycles. The molecule has 3 nitrogen and oxygen atoms in total. The molecule has 11 heavy (non-hydrogen) atoms. The van der Waals surface area contributed by atoms with Gasteiger partial charge >= 0.3 is 0 Å². The molecule has 5 heteroatoms. The van der Waals surface area contributed by atoms with Crippen molar-refractivity contribution in [2.75, 3.05) is 6.61 Å². The molecule has 0 amide bonds. The standard InChI is InChI=1S/C6H7IN2OS/c7-6-9-8-5(11-6)4-2-1-3-10-4/h4H,1-3H2. The Hall–Kier alpha value is 0.250. The van der Waals surface area contributed by atoms with E-state index < -0.39 is 0 Å². The molecule has 0 radical (unpaired) electrons. The average molecular weight is 282 g/mol. The third-order valence-corrected chi connectivity index (χ3v) is 3.30. The van der Waals surface area contributed by atoms with E-state index in [4.69, 9.17) is 4.74 Å². The summed E-state index contributed by atoms with van der Waals surface area (Å²) < 4.78 is 6.45. The molecule has 1 fully saturated rings. The summed E-state index contributed by atoms with van der Waals surface area (Å²) in [6.07, 6.45) is 2.49. The Balaban J connectivity index is 2.15. The minimum absolute atomic E-state index is 0.232. The van der Waals surface area contributed by atoms with Gasteiger partial charge in [0, 0.05) is 6.61 Å². The highest BCUT2D eigenvalue weighted by molar-refractivity contribution is 14.1. The number of ether oxygens (including phenoxy) is 1. The highest BCUT2D eigenvalue weighted by Crippen LogP contribution is 2.30. The molecule has 0 bridgehead atoms. The van der Waals surface area contributed by atoms with Crippen LogP contribution in [0, 0.1) is 3.01 Å². The fourth-order valence-electron chi connectivity index (χ4n) is 1.12. The molecule has 1 unspecified atom stereocenters. The Bertz CT molecular complexity index is 246.